The third-order valence-electron chi connectivity index (χ3n) is 3.29. The summed E-state index contributed by atoms with van der Waals surface area (Å²) >= 11 is 0. The summed E-state index contributed by atoms with van der Waals surface area (Å²) in [5.74, 6) is -1.30. The topological polar surface area (TPSA) is 23.6 Å². The van der Waals surface area contributed by atoms with Crippen molar-refractivity contribution in [1.82, 2.24) is 4.90 Å². The van der Waals surface area contributed by atoms with E-state index in [2.05, 4.69) is 6.58 Å². The summed E-state index contributed by atoms with van der Waals surface area (Å²) in [4.78, 5) is 15.1. The van der Waals surface area contributed by atoms with Crippen LogP contribution in [0.1, 0.15) is 6.92 Å². The standard InChI is InChI=1S/C14H16F2N2O/c1-3-14(19)17-4-5-18(10(2)9-17)13-7-11(15)6-12(16)8-13/h3,6-8,10H,1,4-5,9H2,2H3/t10-/m0/s1. The normalized spacial score (nSPS) is 19.4. The molecule has 1 aliphatic heterocycles. The number of halogens is 2. The van der Waals surface area contributed by atoms with Gasteiger partial charge in [0.15, 0.2) is 0 Å². The van der Waals surface area contributed by atoms with Crippen LogP contribution in [0.5, 0.6) is 0 Å². The molecule has 2 rings (SSSR count). The van der Waals surface area contributed by atoms with Crippen molar-refractivity contribution in [3.05, 3.63) is 42.5 Å². The Balaban J connectivity index is 2.15. The minimum atomic E-state index is -0.591. The molecule has 5 heteroatoms. The summed E-state index contributed by atoms with van der Waals surface area (Å²) in [5.41, 5.74) is 0.510. The number of hydrogen-bond donors (Lipinski definition) is 0. The van der Waals surface area contributed by atoms with Crippen LogP contribution in [-0.4, -0.2) is 36.5 Å². The zero-order chi connectivity index (χ0) is 14.0. The highest BCUT2D eigenvalue weighted by Crippen LogP contribution is 2.22. The van der Waals surface area contributed by atoms with Crippen molar-refractivity contribution in [1.29, 1.82) is 0 Å². The second-order valence-electron chi connectivity index (χ2n) is 4.66. The molecule has 1 saturated heterocycles. The number of rotatable bonds is 2. The van der Waals surface area contributed by atoms with Crippen molar-refractivity contribution in [2.24, 2.45) is 0 Å². The molecular formula is C14H16F2N2O. The Morgan fingerprint density at radius 3 is 2.47 bits per heavy atom. The van der Waals surface area contributed by atoms with Gasteiger partial charge in [-0.3, -0.25) is 4.79 Å². The largest absolute Gasteiger partial charge is 0.365 e. The predicted octanol–water partition coefficient (Wildman–Crippen LogP) is 2.19. The van der Waals surface area contributed by atoms with E-state index in [1.54, 1.807) is 4.90 Å². The quantitative estimate of drug-likeness (QED) is 0.766. The minimum Gasteiger partial charge on any atom is -0.365 e. The van der Waals surface area contributed by atoms with Crippen LogP contribution in [0, 0.1) is 11.6 Å². The van der Waals surface area contributed by atoms with Crippen molar-refractivity contribution >= 4 is 11.6 Å². The fourth-order valence-corrected chi connectivity index (χ4v) is 2.38. The second kappa shape index (κ2) is 5.38. The number of benzene rings is 1. The van der Waals surface area contributed by atoms with Gasteiger partial charge in [0, 0.05) is 37.4 Å². The molecule has 1 aromatic rings. The predicted molar refractivity (Wildman–Crippen MR) is 69.9 cm³/mol. The summed E-state index contributed by atoms with van der Waals surface area (Å²) in [7, 11) is 0. The SMILES string of the molecule is C=CC(=O)N1CCN(c2cc(F)cc(F)c2)[C@@H](C)C1. The van der Waals surface area contributed by atoms with Gasteiger partial charge in [0.1, 0.15) is 11.6 Å². The van der Waals surface area contributed by atoms with Crippen LogP contribution in [0.4, 0.5) is 14.5 Å². The number of carbonyl (C=O) groups excluding carboxylic acids is 1. The molecule has 0 bridgehead atoms. The van der Waals surface area contributed by atoms with Gasteiger partial charge in [-0.25, -0.2) is 8.78 Å². The van der Waals surface area contributed by atoms with E-state index in [1.807, 2.05) is 11.8 Å². The number of carbonyl (C=O) groups is 1. The first kappa shape index (κ1) is 13.5. The van der Waals surface area contributed by atoms with Gasteiger partial charge in [-0.15, -0.1) is 0 Å². The van der Waals surface area contributed by atoms with Crippen LogP contribution in [0.3, 0.4) is 0 Å². The van der Waals surface area contributed by atoms with Crippen molar-refractivity contribution in [3.63, 3.8) is 0 Å². The van der Waals surface area contributed by atoms with Gasteiger partial charge in [-0.05, 0) is 25.1 Å². The van der Waals surface area contributed by atoms with Crippen LogP contribution in [0.2, 0.25) is 0 Å². The lowest BCUT2D eigenvalue weighted by molar-refractivity contribution is -0.126. The van der Waals surface area contributed by atoms with Gasteiger partial charge < -0.3 is 9.80 Å². The van der Waals surface area contributed by atoms with Gasteiger partial charge in [0.25, 0.3) is 0 Å². The lowest BCUT2D eigenvalue weighted by Gasteiger charge is -2.41. The molecule has 1 amide bonds. The van der Waals surface area contributed by atoms with Gasteiger partial charge in [0.05, 0.1) is 0 Å². The number of nitrogens with zero attached hydrogens (tertiary/aromatic N) is 2. The zero-order valence-corrected chi connectivity index (χ0v) is 10.8. The first-order chi connectivity index (χ1) is 9.01. The average Bonchev–Trinajstić information content (AvgIpc) is 2.36. The molecule has 0 spiro atoms. The van der Waals surface area contributed by atoms with Crippen LogP contribution in [0.15, 0.2) is 30.9 Å². The molecule has 1 heterocycles. The highest BCUT2D eigenvalue weighted by molar-refractivity contribution is 5.87. The van der Waals surface area contributed by atoms with E-state index in [-0.39, 0.29) is 11.9 Å². The van der Waals surface area contributed by atoms with Crippen molar-refractivity contribution in [2.75, 3.05) is 24.5 Å². The highest BCUT2D eigenvalue weighted by atomic mass is 19.1. The van der Waals surface area contributed by atoms with Crippen molar-refractivity contribution in [3.8, 4) is 0 Å². The Morgan fingerprint density at radius 2 is 1.95 bits per heavy atom. The Bertz CT molecular complexity index is 484. The number of piperazine rings is 1. The Labute approximate surface area is 111 Å². The molecule has 1 fully saturated rings. The lowest BCUT2D eigenvalue weighted by atomic mass is 10.1. The van der Waals surface area contributed by atoms with E-state index >= 15 is 0 Å². The Kier molecular flexibility index (Phi) is 3.83. The highest BCUT2D eigenvalue weighted by Gasteiger charge is 2.26. The molecule has 0 saturated carbocycles. The summed E-state index contributed by atoms with van der Waals surface area (Å²) in [6.07, 6.45) is 1.28. The fourth-order valence-electron chi connectivity index (χ4n) is 2.38. The molecule has 19 heavy (non-hydrogen) atoms. The molecule has 1 atom stereocenters. The Morgan fingerprint density at radius 1 is 1.32 bits per heavy atom. The van der Waals surface area contributed by atoms with Gasteiger partial charge in [0.2, 0.25) is 5.91 Å². The monoisotopic (exact) mass is 266 g/mol. The lowest BCUT2D eigenvalue weighted by Crippen LogP contribution is -2.53. The minimum absolute atomic E-state index is 0.00106. The molecule has 3 nitrogen and oxygen atoms in total. The van der Waals surface area contributed by atoms with E-state index in [0.717, 1.165) is 6.07 Å². The first-order valence-corrected chi connectivity index (χ1v) is 6.15. The summed E-state index contributed by atoms with van der Waals surface area (Å²) < 4.78 is 26.5. The molecular weight excluding hydrogens is 250 g/mol. The number of anilines is 1. The summed E-state index contributed by atoms with van der Waals surface area (Å²) in [5, 5.41) is 0. The van der Waals surface area contributed by atoms with Crippen LogP contribution in [-0.2, 0) is 4.79 Å². The number of amides is 1. The van der Waals surface area contributed by atoms with E-state index in [9.17, 15) is 13.6 Å². The first-order valence-electron chi connectivity index (χ1n) is 6.15. The molecule has 0 unspecified atom stereocenters. The third kappa shape index (κ3) is 2.92. The molecule has 0 aliphatic carbocycles. The molecule has 0 radical (unpaired) electrons. The zero-order valence-electron chi connectivity index (χ0n) is 10.8. The molecule has 0 aromatic heterocycles. The van der Waals surface area contributed by atoms with Crippen molar-refractivity contribution in [2.45, 2.75) is 13.0 Å². The maximum absolute atomic E-state index is 13.2. The van der Waals surface area contributed by atoms with Crippen molar-refractivity contribution < 1.29 is 13.6 Å². The van der Waals surface area contributed by atoms with E-state index in [0.29, 0.717) is 25.3 Å². The Hall–Kier alpha value is -1.91. The van der Waals surface area contributed by atoms with E-state index in [1.165, 1.54) is 18.2 Å². The number of hydrogen-bond acceptors (Lipinski definition) is 2. The maximum atomic E-state index is 13.2. The summed E-state index contributed by atoms with van der Waals surface area (Å²) in [6, 6.07) is 3.47. The third-order valence-corrected chi connectivity index (χ3v) is 3.29. The summed E-state index contributed by atoms with van der Waals surface area (Å²) in [6.45, 7) is 6.96. The molecule has 0 N–H and O–H groups in total. The van der Waals surface area contributed by atoms with E-state index in [4.69, 9.17) is 0 Å². The van der Waals surface area contributed by atoms with Crippen LogP contribution in [0.25, 0.3) is 0 Å². The van der Waals surface area contributed by atoms with Gasteiger partial charge >= 0.3 is 0 Å². The van der Waals surface area contributed by atoms with Gasteiger partial charge in [-0.2, -0.15) is 0 Å². The second-order valence-corrected chi connectivity index (χ2v) is 4.66. The fraction of sp³-hybridized carbons (Fsp3) is 0.357. The maximum Gasteiger partial charge on any atom is 0.246 e. The molecule has 1 aliphatic rings. The van der Waals surface area contributed by atoms with Gasteiger partial charge in [-0.1, -0.05) is 6.58 Å². The smallest absolute Gasteiger partial charge is 0.246 e. The molecule has 1 aromatic carbocycles. The van der Waals surface area contributed by atoms with Crippen LogP contribution < -0.4 is 4.90 Å². The van der Waals surface area contributed by atoms with E-state index < -0.39 is 11.6 Å². The molecule has 102 valence electrons. The van der Waals surface area contributed by atoms with Crippen LogP contribution >= 0.6 is 0 Å². The average molecular weight is 266 g/mol.